The SMILES string of the molecule is Oc1ccc(Cl)cc1-c1nc2c(F)cccc2[nH]1. The van der Waals surface area contributed by atoms with E-state index in [0.29, 0.717) is 21.9 Å². The third kappa shape index (κ3) is 1.71. The van der Waals surface area contributed by atoms with Gasteiger partial charge in [-0.3, -0.25) is 0 Å². The molecule has 0 aliphatic rings. The van der Waals surface area contributed by atoms with Crippen molar-refractivity contribution < 1.29 is 9.50 Å². The average Bonchev–Trinajstić information content (AvgIpc) is 2.77. The summed E-state index contributed by atoms with van der Waals surface area (Å²) in [7, 11) is 0. The van der Waals surface area contributed by atoms with Gasteiger partial charge < -0.3 is 10.1 Å². The first-order chi connectivity index (χ1) is 8.65. The predicted octanol–water partition coefficient (Wildman–Crippen LogP) is 3.73. The highest BCUT2D eigenvalue weighted by molar-refractivity contribution is 6.30. The molecule has 1 aromatic heterocycles. The van der Waals surface area contributed by atoms with E-state index < -0.39 is 5.82 Å². The molecule has 0 fully saturated rings. The number of nitrogens with one attached hydrogen (secondary N) is 1. The van der Waals surface area contributed by atoms with Crippen LogP contribution in [-0.2, 0) is 0 Å². The van der Waals surface area contributed by atoms with Crippen LogP contribution in [-0.4, -0.2) is 15.1 Å². The molecule has 0 amide bonds. The predicted molar refractivity (Wildman–Crippen MR) is 68.2 cm³/mol. The zero-order valence-electron chi connectivity index (χ0n) is 9.11. The Labute approximate surface area is 107 Å². The number of aromatic amines is 1. The highest BCUT2D eigenvalue weighted by Gasteiger charge is 2.12. The summed E-state index contributed by atoms with van der Waals surface area (Å²) in [6.45, 7) is 0. The average molecular weight is 263 g/mol. The summed E-state index contributed by atoms with van der Waals surface area (Å²) in [5.41, 5.74) is 1.26. The van der Waals surface area contributed by atoms with Crippen LogP contribution in [0.1, 0.15) is 0 Å². The molecule has 0 radical (unpaired) electrons. The number of aromatic nitrogens is 2. The molecule has 1 heterocycles. The van der Waals surface area contributed by atoms with Gasteiger partial charge in [0.1, 0.15) is 17.1 Å². The minimum absolute atomic E-state index is 0.0406. The molecular formula is C13H8ClFN2O. The molecule has 2 N–H and O–H groups in total. The second-order valence-electron chi connectivity index (χ2n) is 3.88. The van der Waals surface area contributed by atoms with Gasteiger partial charge in [-0.25, -0.2) is 9.37 Å². The van der Waals surface area contributed by atoms with Gasteiger partial charge in [-0.2, -0.15) is 0 Å². The number of fused-ring (bicyclic) bond motifs is 1. The van der Waals surface area contributed by atoms with Crippen LogP contribution in [0.5, 0.6) is 5.75 Å². The number of phenols is 1. The van der Waals surface area contributed by atoms with Gasteiger partial charge in [0, 0.05) is 5.02 Å². The Kier molecular flexibility index (Phi) is 2.45. The van der Waals surface area contributed by atoms with Gasteiger partial charge in [0.25, 0.3) is 0 Å². The topological polar surface area (TPSA) is 48.9 Å². The van der Waals surface area contributed by atoms with Crippen molar-refractivity contribution in [2.24, 2.45) is 0 Å². The molecule has 90 valence electrons. The van der Waals surface area contributed by atoms with Crippen molar-refractivity contribution in [3.05, 3.63) is 47.2 Å². The van der Waals surface area contributed by atoms with Crippen molar-refractivity contribution >= 4 is 22.6 Å². The van der Waals surface area contributed by atoms with Gasteiger partial charge in [-0.1, -0.05) is 17.7 Å². The maximum absolute atomic E-state index is 13.5. The number of halogens is 2. The van der Waals surface area contributed by atoms with Gasteiger partial charge >= 0.3 is 0 Å². The van der Waals surface area contributed by atoms with Crippen molar-refractivity contribution in [1.29, 1.82) is 0 Å². The molecule has 2 aromatic carbocycles. The Morgan fingerprint density at radius 2 is 2.06 bits per heavy atom. The summed E-state index contributed by atoms with van der Waals surface area (Å²) in [5, 5.41) is 10.2. The van der Waals surface area contributed by atoms with Crippen molar-refractivity contribution in [1.82, 2.24) is 9.97 Å². The third-order valence-electron chi connectivity index (χ3n) is 2.68. The monoisotopic (exact) mass is 262 g/mol. The summed E-state index contributed by atoms with van der Waals surface area (Å²) in [6.07, 6.45) is 0. The van der Waals surface area contributed by atoms with E-state index in [2.05, 4.69) is 9.97 Å². The number of hydrogen-bond acceptors (Lipinski definition) is 2. The number of para-hydroxylation sites is 1. The van der Waals surface area contributed by atoms with Crippen LogP contribution >= 0.6 is 11.6 Å². The first-order valence-electron chi connectivity index (χ1n) is 5.28. The molecule has 0 aliphatic carbocycles. The van der Waals surface area contributed by atoms with Crippen molar-refractivity contribution in [3.63, 3.8) is 0 Å². The molecule has 5 heteroatoms. The Morgan fingerprint density at radius 3 is 2.83 bits per heavy atom. The number of aromatic hydroxyl groups is 1. The van der Waals surface area contributed by atoms with Crippen molar-refractivity contribution in [2.45, 2.75) is 0 Å². The minimum Gasteiger partial charge on any atom is -0.507 e. The standard InChI is InChI=1S/C13H8ClFN2O/c14-7-4-5-11(18)8(6-7)13-16-10-3-1-2-9(15)12(10)17-13/h1-6,18H,(H,16,17). The molecule has 0 saturated carbocycles. The van der Waals surface area contributed by atoms with Crippen molar-refractivity contribution in [2.75, 3.05) is 0 Å². The molecule has 3 nitrogen and oxygen atoms in total. The zero-order chi connectivity index (χ0) is 12.7. The first kappa shape index (κ1) is 11.0. The largest absolute Gasteiger partial charge is 0.507 e. The summed E-state index contributed by atoms with van der Waals surface area (Å²) >= 11 is 5.87. The van der Waals surface area contributed by atoms with Crippen LogP contribution < -0.4 is 0 Å². The molecule has 3 rings (SSSR count). The molecule has 0 atom stereocenters. The molecular weight excluding hydrogens is 255 g/mol. The molecule has 18 heavy (non-hydrogen) atoms. The van der Waals surface area contributed by atoms with Gasteiger partial charge in [-0.15, -0.1) is 0 Å². The van der Waals surface area contributed by atoms with E-state index in [0.717, 1.165) is 0 Å². The maximum atomic E-state index is 13.5. The highest BCUT2D eigenvalue weighted by Crippen LogP contribution is 2.31. The van der Waals surface area contributed by atoms with Crippen LogP contribution in [0.15, 0.2) is 36.4 Å². The summed E-state index contributed by atoms with van der Waals surface area (Å²) in [4.78, 5) is 7.09. The number of phenolic OH excluding ortho intramolecular Hbond substituents is 1. The van der Waals surface area contributed by atoms with Gasteiger partial charge in [0.2, 0.25) is 0 Å². The molecule has 0 spiro atoms. The normalized spacial score (nSPS) is 11.0. The molecule has 3 aromatic rings. The number of benzene rings is 2. The van der Waals surface area contributed by atoms with Crippen molar-refractivity contribution in [3.8, 4) is 17.1 Å². The number of nitrogens with zero attached hydrogens (tertiary/aromatic N) is 1. The molecule has 0 bridgehead atoms. The zero-order valence-corrected chi connectivity index (χ0v) is 9.87. The second-order valence-corrected chi connectivity index (χ2v) is 4.32. The lowest BCUT2D eigenvalue weighted by atomic mass is 10.2. The Bertz CT molecular complexity index is 739. The quantitative estimate of drug-likeness (QED) is 0.702. The minimum atomic E-state index is -0.406. The lowest BCUT2D eigenvalue weighted by molar-refractivity contribution is 0.477. The van der Waals surface area contributed by atoms with E-state index in [9.17, 15) is 9.50 Å². The first-order valence-corrected chi connectivity index (χ1v) is 5.66. The van der Waals surface area contributed by atoms with Crippen LogP contribution in [0, 0.1) is 5.82 Å². The summed E-state index contributed by atoms with van der Waals surface area (Å²) in [5.74, 6) is 0.0190. The lowest BCUT2D eigenvalue weighted by Gasteiger charge is -2.00. The van der Waals surface area contributed by atoms with Crippen LogP contribution in [0.3, 0.4) is 0 Å². The molecule has 0 aliphatic heterocycles. The second kappa shape index (κ2) is 3.99. The number of imidazole rings is 1. The fraction of sp³-hybridized carbons (Fsp3) is 0. The van der Waals surface area contributed by atoms with E-state index in [4.69, 9.17) is 11.6 Å². The van der Waals surface area contributed by atoms with Gasteiger partial charge in [0.05, 0.1) is 11.1 Å². The number of rotatable bonds is 1. The smallest absolute Gasteiger partial charge is 0.151 e. The maximum Gasteiger partial charge on any atom is 0.151 e. The van der Waals surface area contributed by atoms with Gasteiger partial charge in [-0.05, 0) is 30.3 Å². The summed E-state index contributed by atoms with van der Waals surface area (Å²) in [6, 6.07) is 9.27. The van der Waals surface area contributed by atoms with Crippen LogP contribution in [0.25, 0.3) is 22.4 Å². The molecule has 0 unspecified atom stereocenters. The number of H-pyrrole nitrogens is 1. The van der Waals surface area contributed by atoms with E-state index in [1.165, 1.54) is 12.1 Å². The Balaban J connectivity index is 2.26. The Hall–Kier alpha value is -2.07. The molecule has 0 saturated heterocycles. The van der Waals surface area contributed by atoms with Gasteiger partial charge in [0.15, 0.2) is 5.82 Å². The fourth-order valence-electron chi connectivity index (χ4n) is 1.82. The van der Waals surface area contributed by atoms with E-state index in [1.807, 2.05) is 0 Å². The number of hydrogen-bond donors (Lipinski definition) is 2. The van der Waals surface area contributed by atoms with E-state index in [-0.39, 0.29) is 11.3 Å². The third-order valence-corrected chi connectivity index (χ3v) is 2.91. The highest BCUT2D eigenvalue weighted by atomic mass is 35.5. The lowest BCUT2D eigenvalue weighted by Crippen LogP contribution is -1.82. The van der Waals surface area contributed by atoms with E-state index in [1.54, 1.807) is 24.3 Å². The van der Waals surface area contributed by atoms with Crippen LogP contribution in [0.2, 0.25) is 5.02 Å². The van der Waals surface area contributed by atoms with Crippen LogP contribution in [0.4, 0.5) is 4.39 Å². The summed E-state index contributed by atoms with van der Waals surface area (Å²) < 4.78 is 13.5. The fourth-order valence-corrected chi connectivity index (χ4v) is 1.99. The Morgan fingerprint density at radius 1 is 1.22 bits per heavy atom. The van der Waals surface area contributed by atoms with E-state index >= 15 is 0 Å².